The third-order valence-electron chi connectivity index (χ3n) is 5.06. The number of hydrogen-bond donors (Lipinski definition) is 1. The first kappa shape index (κ1) is 21.0. The summed E-state index contributed by atoms with van der Waals surface area (Å²) >= 11 is 0. The molecule has 1 atom stereocenters. The lowest BCUT2D eigenvalue weighted by Gasteiger charge is -2.20. The smallest absolute Gasteiger partial charge is 0.252 e. The maximum atomic E-state index is 13.2. The van der Waals surface area contributed by atoms with Gasteiger partial charge < -0.3 is 9.88 Å². The molecule has 0 radical (unpaired) electrons. The number of nitrogens with zero attached hydrogens (tertiary/aromatic N) is 6. The van der Waals surface area contributed by atoms with Crippen LogP contribution >= 0.6 is 0 Å². The molecule has 3 aromatic heterocycles. The SMILES string of the molecule is Cc1nn(C(C)(C)C)c2nc(C(C)C)cc(C(=O)NCC(C)c3nncn3C)c12. The molecule has 8 heteroatoms. The first-order chi connectivity index (χ1) is 13.5. The number of aromatic nitrogens is 6. The third-order valence-corrected chi connectivity index (χ3v) is 5.06. The fourth-order valence-electron chi connectivity index (χ4n) is 3.42. The van der Waals surface area contributed by atoms with E-state index in [4.69, 9.17) is 10.1 Å². The molecule has 0 bridgehead atoms. The zero-order chi connectivity index (χ0) is 21.5. The van der Waals surface area contributed by atoms with Gasteiger partial charge in [-0.3, -0.25) is 4.79 Å². The highest BCUT2D eigenvalue weighted by Gasteiger charge is 2.25. The average molecular weight is 398 g/mol. The zero-order valence-electron chi connectivity index (χ0n) is 18.6. The van der Waals surface area contributed by atoms with Crippen molar-refractivity contribution in [3.05, 3.63) is 35.2 Å². The van der Waals surface area contributed by atoms with Crippen molar-refractivity contribution in [3.8, 4) is 0 Å². The Morgan fingerprint density at radius 2 is 1.93 bits per heavy atom. The largest absolute Gasteiger partial charge is 0.351 e. The molecule has 156 valence electrons. The molecule has 0 saturated heterocycles. The summed E-state index contributed by atoms with van der Waals surface area (Å²) in [5, 5.41) is 16.6. The second kappa shape index (κ2) is 7.57. The Kier molecular flexibility index (Phi) is 5.47. The second-order valence-electron chi connectivity index (χ2n) is 9.03. The summed E-state index contributed by atoms with van der Waals surface area (Å²) in [5.74, 6) is 0.966. The van der Waals surface area contributed by atoms with Crippen LogP contribution in [-0.2, 0) is 12.6 Å². The van der Waals surface area contributed by atoms with Gasteiger partial charge in [-0.05, 0) is 39.7 Å². The predicted octanol–water partition coefficient (Wildman–Crippen LogP) is 3.28. The highest BCUT2D eigenvalue weighted by Crippen LogP contribution is 2.29. The summed E-state index contributed by atoms with van der Waals surface area (Å²) in [6.45, 7) is 14.8. The van der Waals surface area contributed by atoms with Gasteiger partial charge in [-0.25, -0.2) is 9.67 Å². The average Bonchev–Trinajstić information content (AvgIpc) is 3.21. The van der Waals surface area contributed by atoms with Gasteiger partial charge in [0.05, 0.1) is 22.2 Å². The molecule has 0 aliphatic carbocycles. The number of aryl methyl sites for hydroxylation is 2. The lowest BCUT2D eigenvalue weighted by atomic mass is 10.0. The van der Waals surface area contributed by atoms with E-state index in [-0.39, 0.29) is 23.3 Å². The monoisotopic (exact) mass is 397 g/mol. The van der Waals surface area contributed by atoms with Gasteiger partial charge >= 0.3 is 0 Å². The van der Waals surface area contributed by atoms with E-state index >= 15 is 0 Å². The normalized spacial score (nSPS) is 13.3. The minimum absolute atomic E-state index is 0.0479. The van der Waals surface area contributed by atoms with Crippen LogP contribution in [0.3, 0.4) is 0 Å². The number of fused-ring (bicyclic) bond motifs is 1. The Hall–Kier alpha value is -2.77. The molecule has 8 nitrogen and oxygen atoms in total. The lowest BCUT2D eigenvalue weighted by molar-refractivity contribution is 0.0952. The molecule has 3 rings (SSSR count). The third kappa shape index (κ3) is 4.02. The summed E-state index contributed by atoms with van der Waals surface area (Å²) in [5.41, 5.74) is 2.84. The second-order valence-corrected chi connectivity index (χ2v) is 9.03. The van der Waals surface area contributed by atoms with Crippen molar-refractivity contribution >= 4 is 16.9 Å². The van der Waals surface area contributed by atoms with Crippen LogP contribution in [0, 0.1) is 6.92 Å². The van der Waals surface area contributed by atoms with E-state index in [1.165, 1.54) is 0 Å². The minimum Gasteiger partial charge on any atom is -0.351 e. The summed E-state index contributed by atoms with van der Waals surface area (Å²) in [4.78, 5) is 18.0. The molecule has 29 heavy (non-hydrogen) atoms. The van der Waals surface area contributed by atoms with Crippen molar-refractivity contribution < 1.29 is 4.79 Å². The summed E-state index contributed by atoms with van der Waals surface area (Å²) in [7, 11) is 1.90. The van der Waals surface area contributed by atoms with Gasteiger partial charge in [-0.1, -0.05) is 20.8 Å². The molecular weight excluding hydrogens is 366 g/mol. The van der Waals surface area contributed by atoms with Gasteiger partial charge in [0.2, 0.25) is 0 Å². The van der Waals surface area contributed by atoms with Crippen molar-refractivity contribution in [2.75, 3.05) is 6.54 Å². The van der Waals surface area contributed by atoms with Crippen LogP contribution in [0.15, 0.2) is 12.4 Å². The number of carbonyl (C=O) groups excluding carboxylic acids is 1. The number of nitrogens with one attached hydrogen (secondary N) is 1. The van der Waals surface area contributed by atoms with Crippen molar-refractivity contribution in [1.82, 2.24) is 34.8 Å². The number of amides is 1. The molecule has 0 aromatic carbocycles. The van der Waals surface area contributed by atoms with Crippen LogP contribution in [0.1, 0.15) is 80.9 Å². The molecule has 0 saturated carbocycles. The fourth-order valence-corrected chi connectivity index (χ4v) is 3.42. The number of hydrogen-bond acceptors (Lipinski definition) is 5. The van der Waals surface area contributed by atoms with E-state index in [1.807, 2.05) is 36.2 Å². The van der Waals surface area contributed by atoms with Crippen LogP contribution in [-0.4, -0.2) is 42.0 Å². The van der Waals surface area contributed by atoms with Gasteiger partial charge in [-0.15, -0.1) is 10.2 Å². The molecule has 1 amide bonds. The van der Waals surface area contributed by atoms with Gasteiger partial charge in [0.15, 0.2) is 5.65 Å². The highest BCUT2D eigenvalue weighted by molar-refractivity contribution is 6.06. The minimum atomic E-state index is -0.234. The van der Waals surface area contributed by atoms with E-state index in [0.29, 0.717) is 12.1 Å². The first-order valence-electron chi connectivity index (χ1n) is 10.0. The van der Waals surface area contributed by atoms with Crippen molar-refractivity contribution in [2.24, 2.45) is 7.05 Å². The highest BCUT2D eigenvalue weighted by atomic mass is 16.1. The summed E-state index contributed by atoms with van der Waals surface area (Å²) < 4.78 is 3.79. The summed E-state index contributed by atoms with van der Waals surface area (Å²) in [6.07, 6.45) is 1.67. The van der Waals surface area contributed by atoms with Crippen LogP contribution in [0.4, 0.5) is 0 Å². The van der Waals surface area contributed by atoms with E-state index < -0.39 is 0 Å². The Labute approximate surface area is 171 Å². The molecule has 3 aromatic rings. The van der Waals surface area contributed by atoms with Gasteiger partial charge in [0, 0.05) is 25.2 Å². The van der Waals surface area contributed by atoms with Gasteiger partial charge in [-0.2, -0.15) is 5.10 Å². The predicted molar refractivity (Wildman–Crippen MR) is 113 cm³/mol. The van der Waals surface area contributed by atoms with Crippen molar-refractivity contribution in [2.45, 2.75) is 65.8 Å². The topological polar surface area (TPSA) is 90.5 Å². The van der Waals surface area contributed by atoms with Crippen LogP contribution < -0.4 is 5.32 Å². The number of pyridine rings is 1. The maximum Gasteiger partial charge on any atom is 0.252 e. The van der Waals surface area contributed by atoms with Gasteiger partial charge in [0.1, 0.15) is 12.2 Å². The van der Waals surface area contributed by atoms with E-state index in [0.717, 1.165) is 28.2 Å². The Morgan fingerprint density at radius 3 is 2.48 bits per heavy atom. The number of rotatable bonds is 5. The molecular formula is C21H31N7O. The van der Waals surface area contributed by atoms with Crippen molar-refractivity contribution in [1.29, 1.82) is 0 Å². The lowest BCUT2D eigenvalue weighted by Crippen LogP contribution is -2.29. The van der Waals surface area contributed by atoms with E-state index in [2.05, 4.69) is 50.1 Å². The molecule has 3 heterocycles. The molecule has 1 unspecified atom stereocenters. The maximum absolute atomic E-state index is 13.2. The Bertz CT molecular complexity index is 1040. The standard InChI is InChI=1S/C21H31N7O/c1-12(2)16-9-15(17-14(4)26-28(19(17)24-16)21(5,6)7)20(29)22-10-13(3)18-25-23-11-27(18)8/h9,11-13H,10H2,1-8H3,(H,22,29). The van der Waals surface area contributed by atoms with Crippen molar-refractivity contribution in [3.63, 3.8) is 0 Å². The Balaban J connectivity index is 2.00. The van der Waals surface area contributed by atoms with E-state index in [1.54, 1.807) is 6.33 Å². The van der Waals surface area contributed by atoms with E-state index in [9.17, 15) is 4.79 Å². The van der Waals surface area contributed by atoms with Crippen LogP contribution in [0.25, 0.3) is 11.0 Å². The molecule has 0 aliphatic rings. The van der Waals surface area contributed by atoms with Crippen LogP contribution in [0.5, 0.6) is 0 Å². The Morgan fingerprint density at radius 1 is 1.24 bits per heavy atom. The van der Waals surface area contributed by atoms with Crippen LogP contribution in [0.2, 0.25) is 0 Å². The quantitative estimate of drug-likeness (QED) is 0.713. The number of carbonyl (C=O) groups is 1. The molecule has 1 N–H and O–H groups in total. The zero-order valence-corrected chi connectivity index (χ0v) is 18.6. The first-order valence-corrected chi connectivity index (χ1v) is 10.0. The molecule has 0 fully saturated rings. The summed E-state index contributed by atoms with van der Waals surface area (Å²) in [6, 6.07) is 1.90. The molecule has 0 aliphatic heterocycles. The van der Waals surface area contributed by atoms with Gasteiger partial charge in [0.25, 0.3) is 5.91 Å². The molecule has 0 spiro atoms. The fraction of sp³-hybridized carbons (Fsp3) is 0.571.